The van der Waals surface area contributed by atoms with Gasteiger partial charge in [-0.15, -0.1) is 0 Å². The van der Waals surface area contributed by atoms with E-state index in [4.69, 9.17) is 4.74 Å². The molecule has 1 aromatic rings. The molecule has 168 valence electrons. The van der Waals surface area contributed by atoms with Gasteiger partial charge in [-0.25, -0.2) is 9.18 Å². The minimum absolute atomic E-state index is 0.0262. The molecular weight excluding hydrogens is 422 g/mol. The summed E-state index contributed by atoms with van der Waals surface area (Å²) in [6.45, 7) is 3.09. The van der Waals surface area contributed by atoms with Crippen molar-refractivity contribution in [2.24, 2.45) is 0 Å². The summed E-state index contributed by atoms with van der Waals surface area (Å²) >= 11 is 0. The lowest BCUT2D eigenvalue weighted by Crippen LogP contribution is -2.31. The predicted molar refractivity (Wildman–Crippen MR) is 104 cm³/mol. The maximum Gasteiger partial charge on any atom is 0.471 e. The van der Waals surface area contributed by atoms with Crippen LogP contribution < -0.4 is 5.32 Å². The number of halogens is 4. The Balaban J connectivity index is 2.59. The molecule has 6 nitrogen and oxygen atoms in total. The Kier molecular flexibility index (Phi) is 7.59. The zero-order valence-corrected chi connectivity index (χ0v) is 17.1. The van der Waals surface area contributed by atoms with E-state index in [1.165, 1.54) is 7.11 Å². The van der Waals surface area contributed by atoms with Crippen molar-refractivity contribution in [3.8, 4) is 0 Å². The van der Waals surface area contributed by atoms with E-state index in [1.54, 1.807) is 25.2 Å². The number of cyclic esters (lactones) is 1. The Hall–Kier alpha value is -3.17. The molecule has 1 amide bonds. The fourth-order valence-electron chi connectivity index (χ4n) is 3.23. The molecular formula is C21H21F4NO5. The van der Waals surface area contributed by atoms with Crippen LogP contribution in [0.4, 0.5) is 23.2 Å². The average Bonchev–Trinajstić information content (AvgIpc) is 3.09. The van der Waals surface area contributed by atoms with E-state index >= 15 is 0 Å². The largest absolute Gasteiger partial charge is 0.471 e. The lowest BCUT2D eigenvalue weighted by atomic mass is 9.89. The molecule has 1 heterocycles. The molecule has 0 atom stereocenters. The van der Waals surface area contributed by atoms with Crippen LogP contribution in [0.15, 0.2) is 18.0 Å². The minimum atomic E-state index is -5.19. The van der Waals surface area contributed by atoms with Crippen LogP contribution in [0.2, 0.25) is 0 Å². The lowest BCUT2D eigenvalue weighted by molar-refractivity contribution is -0.167. The molecule has 0 bridgehead atoms. The number of alkyl halides is 3. The lowest BCUT2D eigenvalue weighted by Gasteiger charge is -2.19. The number of carbonyl (C=O) groups excluding carboxylic acids is 3. The van der Waals surface area contributed by atoms with Gasteiger partial charge in [0.1, 0.15) is 6.61 Å². The number of benzene rings is 1. The van der Waals surface area contributed by atoms with Gasteiger partial charge in [0.15, 0.2) is 0 Å². The van der Waals surface area contributed by atoms with Crippen molar-refractivity contribution in [1.82, 2.24) is 0 Å². The molecule has 10 heteroatoms. The molecule has 31 heavy (non-hydrogen) atoms. The quantitative estimate of drug-likeness (QED) is 0.380. The second-order valence-electron chi connectivity index (χ2n) is 6.90. The number of esters is 2. The number of hydrogen-bond donors (Lipinski definition) is 1. The van der Waals surface area contributed by atoms with Gasteiger partial charge in [0.2, 0.25) is 0 Å². The summed E-state index contributed by atoms with van der Waals surface area (Å²) in [5.74, 6) is -3.57. The third-order valence-electron chi connectivity index (χ3n) is 4.92. The van der Waals surface area contributed by atoms with Crippen molar-refractivity contribution in [3.05, 3.63) is 45.8 Å². The van der Waals surface area contributed by atoms with Crippen LogP contribution in [-0.4, -0.2) is 31.1 Å². The maximum absolute atomic E-state index is 13.1. The number of nitrogens with one attached hydrogen (secondary N) is 1. The Labute approximate surface area is 175 Å². The van der Waals surface area contributed by atoms with Gasteiger partial charge in [0, 0.05) is 12.0 Å². The maximum atomic E-state index is 13.1. The van der Waals surface area contributed by atoms with Gasteiger partial charge < -0.3 is 14.8 Å². The molecule has 0 unspecified atom stereocenters. The van der Waals surface area contributed by atoms with Gasteiger partial charge in [0.05, 0.1) is 24.7 Å². The van der Waals surface area contributed by atoms with Crippen LogP contribution in [0.3, 0.4) is 0 Å². The number of methoxy groups -OCH3 is 1. The number of rotatable bonds is 7. The summed E-state index contributed by atoms with van der Waals surface area (Å²) < 4.78 is 61.3. The number of carbonyl (C=O) groups is 3. The monoisotopic (exact) mass is 443 g/mol. The van der Waals surface area contributed by atoms with Crippen LogP contribution >= 0.6 is 0 Å². The summed E-state index contributed by atoms with van der Waals surface area (Å²) in [5.41, 5.74) is 1.26. The average molecular weight is 443 g/mol. The topological polar surface area (TPSA) is 81.7 Å². The number of hydrogen-bond acceptors (Lipinski definition) is 5. The van der Waals surface area contributed by atoms with Gasteiger partial charge in [-0.1, -0.05) is 11.6 Å². The molecule has 0 saturated carbocycles. The van der Waals surface area contributed by atoms with Crippen molar-refractivity contribution in [1.29, 1.82) is 0 Å². The first-order valence-electron chi connectivity index (χ1n) is 9.24. The molecule has 0 fully saturated rings. The fraction of sp³-hybridized carbons (Fsp3) is 0.381. The molecule has 1 aromatic carbocycles. The van der Waals surface area contributed by atoms with Gasteiger partial charge in [-0.2, -0.15) is 13.2 Å². The fourth-order valence-corrected chi connectivity index (χ4v) is 3.23. The van der Waals surface area contributed by atoms with E-state index in [0.29, 0.717) is 12.0 Å². The molecule has 0 radical (unpaired) electrons. The summed E-state index contributed by atoms with van der Waals surface area (Å²) in [6, 6.07) is 0. The normalized spacial score (nSPS) is 13.9. The van der Waals surface area contributed by atoms with Crippen molar-refractivity contribution in [3.63, 3.8) is 0 Å². The molecule has 1 aliphatic heterocycles. The standard InChI is InChI=1S/C21H21F4NO5/c1-11(5-7-16(27)30-3)4-6-14-13(8-9-22)12(2)15-10-31-19(28)17(15)18(14)26-20(29)21(23,24)25/h4,8-9H,5-7,10H2,1-3H3,(H,26,29)/b9-8?,11-4+. The molecule has 2 rings (SSSR count). The van der Waals surface area contributed by atoms with Crippen molar-refractivity contribution in [2.45, 2.75) is 45.9 Å². The first-order chi connectivity index (χ1) is 14.5. The van der Waals surface area contributed by atoms with E-state index < -0.39 is 24.0 Å². The predicted octanol–water partition coefficient (Wildman–Crippen LogP) is 4.55. The van der Waals surface area contributed by atoms with Crippen LogP contribution in [0.1, 0.15) is 52.4 Å². The molecule has 0 aliphatic carbocycles. The van der Waals surface area contributed by atoms with Crippen LogP contribution in [0.5, 0.6) is 0 Å². The van der Waals surface area contributed by atoms with Gasteiger partial charge in [-0.3, -0.25) is 9.59 Å². The molecule has 0 spiro atoms. The zero-order valence-electron chi connectivity index (χ0n) is 17.1. The minimum Gasteiger partial charge on any atom is -0.469 e. The second-order valence-corrected chi connectivity index (χ2v) is 6.90. The third-order valence-corrected chi connectivity index (χ3v) is 4.92. The molecule has 1 N–H and O–H groups in total. The van der Waals surface area contributed by atoms with Gasteiger partial charge in [-0.05, 0) is 49.5 Å². The Morgan fingerprint density at radius 2 is 1.94 bits per heavy atom. The smallest absolute Gasteiger partial charge is 0.469 e. The highest BCUT2D eigenvalue weighted by molar-refractivity contribution is 6.07. The second kappa shape index (κ2) is 9.76. The van der Waals surface area contributed by atoms with E-state index in [2.05, 4.69) is 4.74 Å². The zero-order chi connectivity index (χ0) is 23.3. The van der Waals surface area contributed by atoms with E-state index in [0.717, 1.165) is 11.6 Å². The van der Waals surface area contributed by atoms with Gasteiger partial charge in [0.25, 0.3) is 0 Å². The highest BCUT2D eigenvalue weighted by Gasteiger charge is 2.41. The van der Waals surface area contributed by atoms with Crippen LogP contribution in [0.25, 0.3) is 6.08 Å². The first kappa shape index (κ1) is 24.1. The highest BCUT2D eigenvalue weighted by atomic mass is 19.4. The van der Waals surface area contributed by atoms with E-state index in [1.807, 2.05) is 0 Å². The van der Waals surface area contributed by atoms with Gasteiger partial charge >= 0.3 is 24.0 Å². The number of amides is 1. The van der Waals surface area contributed by atoms with Crippen LogP contribution in [-0.2, 0) is 32.1 Å². The number of anilines is 1. The van der Waals surface area contributed by atoms with Crippen molar-refractivity contribution in [2.75, 3.05) is 12.4 Å². The summed E-state index contributed by atoms with van der Waals surface area (Å²) in [7, 11) is 1.25. The van der Waals surface area contributed by atoms with E-state index in [9.17, 15) is 31.9 Å². The first-order valence-corrected chi connectivity index (χ1v) is 9.24. The SMILES string of the molecule is COC(=O)CC/C(C)=C/Cc1c(C=CF)c(C)c2c(c1NC(=O)C(F)(F)F)C(=O)OC2. The molecule has 0 saturated heterocycles. The Morgan fingerprint density at radius 1 is 1.26 bits per heavy atom. The van der Waals surface area contributed by atoms with E-state index in [-0.39, 0.29) is 53.7 Å². The highest BCUT2D eigenvalue weighted by Crippen LogP contribution is 2.39. The van der Waals surface area contributed by atoms with Crippen LogP contribution in [0, 0.1) is 6.92 Å². The third kappa shape index (κ3) is 5.50. The molecule has 1 aliphatic rings. The van der Waals surface area contributed by atoms with Crippen molar-refractivity contribution < 1.29 is 41.4 Å². The Morgan fingerprint density at radius 3 is 2.52 bits per heavy atom. The summed E-state index contributed by atoms with van der Waals surface area (Å²) in [4.78, 5) is 35.2. The number of allylic oxidation sites excluding steroid dienone is 2. The molecule has 0 aromatic heterocycles. The summed E-state index contributed by atoms with van der Waals surface area (Å²) in [5, 5.41) is 1.77. The van der Waals surface area contributed by atoms with Crippen molar-refractivity contribution >= 4 is 29.6 Å². The number of fused-ring (bicyclic) bond motifs is 1. The summed E-state index contributed by atoms with van der Waals surface area (Å²) in [6.07, 6.45) is -1.89. The number of ether oxygens (including phenoxy) is 2. The Bertz CT molecular complexity index is 964.